The predicted octanol–water partition coefficient (Wildman–Crippen LogP) is 2.61. The van der Waals surface area contributed by atoms with Crippen molar-refractivity contribution < 1.29 is 4.79 Å². The van der Waals surface area contributed by atoms with Crippen LogP contribution in [0, 0.1) is 0 Å². The summed E-state index contributed by atoms with van der Waals surface area (Å²) in [7, 11) is 2.13. The van der Waals surface area contributed by atoms with Crippen LogP contribution in [0.4, 0.5) is 0 Å². The molecular weight excluding hydrogens is 306 g/mol. The normalized spacial score (nSPS) is 19.3. The van der Waals surface area contributed by atoms with Crippen LogP contribution in [0.3, 0.4) is 0 Å². The van der Waals surface area contributed by atoms with Gasteiger partial charge in [0.2, 0.25) is 5.91 Å². The van der Waals surface area contributed by atoms with Gasteiger partial charge in [-0.3, -0.25) is 9.69 Å². The molecule has 4 nitrogen and oxygen atoms in total. The van der Waals surface area contributed by atoms with Crippen molar-refractivity contribution in [1.29, 1.82) is 0 Å². The second-order valence-corrected chi connectivity index (χ2v) is 7.58. The fourth-order valence-corrected chi connectivity index (χ4v) is 3.47. The maximum absolute atomic E-state index is 12.5. The van der Waals surface area contributed by atoms with Crippen LogP contribution in [-0.4, -0.2) is 60.7 Å². The summed E-state index contributed by atoms with van der Waals surface area (Å²) in [6, 6.07) is 8.47. The van der Waals surface area contributed by atoms with E-state index in [0.717, 1.165) is 37.5 Å². The summed E-state index contributed by atoms with van der Waals surface area (Å²) in [6.07, 6.45) is 0. The molecule has 1 aliphatic rings. The third-order valence-electron chi connectivity index (χ3n) is 4.51. The van der Waals surface area contributed by atoms with Crippen molar-refractivity contribution >= 4 is 17.7 Å². The molecule has 1 N–H and O–H groups in total. The molecule has 0 radical (unpaired) electrons. The number of thioether (sulfide) groups is 1. The molecule has 0 unspecified atom stereocenters. The van der Waals surface area contributed by atoms with Gasteiger partial charge in [0.05, 0.1) is 12.1 Å². The molecule has 0 spiro atoms. The van der Waals surface area contributed by atoms with Crippen molar-refractivity contribution in [3.63, 3.8) is 0 Å². The smallest absolute Gasteiger partial charge is 0.237 e. The van der Waals surface area contributed by atoms with Crippen molar-refractivity contribution in [1.82, 2.24) is 15.1 Å². The first-order valence-electron chi connectivity index (χ1n) is 8.47. The number of piperazine rings is 1. The number of amides is 1. The van der Waals surface area contributed by atoms with Crippen LogP contribution < -0.4 is 5.32 Å². The number of carbonyl (C=O) groups is 1. The Morgan fingerprint density at radius 2 is 1.78 bits per heavy atom. The maximum Gasteiger partial charge on any atom is 0.237 e. The minimum Gasteiger partial charge on any atom is -0.348 e. The molecule has 1 heterocycles. The Morgan fingerprint density at radius 3 is 2.35 bits per heavy atom. The summed E-state index contributed by atoms with van der Waals surface area (Å²) in [5.74, 6) is 1.20. The summed E-state index contributed by atoms with van der Waals surface area (Å²) in [6.45, 7) is 10.2. The highest BCUT2D eigenvalue weighted by molar-refractivity contribution is 7.99. The molecule has 0 bridgehead atoms. The lowest BCUT2D eigenvalue weighted by Crippen LogP contribution is -2.53. The Morgan fingerprint density at radius 1 is 1.17 bits per heavy atom. The molecule has 1 aliphatic heterocycles. The van der Waals surface area contributed by atoms with Crippen molar-refractivity contribution in [3.8, 4) is 0 Å². The highest BCUT2D eigenvalue weighted by atomic mass is 32.2. The third-order valence-corrected chi connectivity index (χ3v) is 5.41. The molecule has 1 aromatic carbocycles. The van der Waals surface area contributed by atoms with Crippen molar-refractivity contribution in [3.05, 3.63) is 29.8 Å². The third kappa shape index (κ3) is 5.23. The standard InChI is InChI=1S/C18H29N3OS/c1-5-23-17-8-6-16(7-9-17)14(2)19-18(22)15(3)21-12-10-20(4)11-13-21/h6-9,14-15H,5,10-13H2,1-4H3,(H,19,22)/t14-,15-/m0/s1. The van der Waals surface area contributed by atoms with Gasteiger partial charge < -0.3 is 10.2 Å². The van der Waals surface area contributed by atoms with Gasteiger partial charge in [0.25, 0.3) is 0 Å². The monoisotopic (exact) mass is 335 g/mol. The maximum atomic E-state index is 12.5. The quantitative estimate of drug-likeness (QED) is 0.811. The average molecular weight is 336 g/mol. The van der Waals surface area contributed by atoms with Gasteiger partial charge in [0.1, 0.15) is 0 Å². The summed E-state index contributed by atoms with van der Waals surface area (Å²) in [4.78, 5) is 18.4. The van der Waals surface area contributed by atoms with E-state index in [0.29, 0.717) is 0 Å². The van der Waals surface area contributed by atoms with E-state index in [1.165, 1.54) is 4.90 Å². The molecule has 128 valence electrons. The lowest BCUT2D eigenvalue weighted by Gasteiger charge is -2.36. The number of benzene rings is 1. The first-order valence-corrected chi connectivity index (χ1v) is 9.45. The molecular formula is C18H29N3OS. The first-order chi connectivity index (χ1) is 11.0. The predicted molar refractivity (Wildman–Crippen MR) is 97.9 cm³/mol. The van der Waals surface area contributed by atoms with E-state index >= 15 is 0 Å². The topological polar surface area (TPSA) is 35.6 Å². The molecule has 0 aliphatic carbocycles. The molecule has 0 aromatic heterocycles. The largest absolute Gasteiger partial charge is 0.348 e. The first kappa shape index (κ1) is 18.3. The van der Waals surface area contributed by atoms with Gasteiger partial charge >= 0.3 is 0 Å². The van der Waals surface area contributed by atoms with Gasteiger partial charge in [0, 0.05) is 31.1 Å². The molecule has 5 heteroatoms. The number of rotatable bonds is 6. The molecule has 2 atom stereocenters. The Kier molecular flexibility index (Phi) is 6.93. The number of hydrogen-bond donors (Lipinski definition) is 1. The highest BCUT2D eigenvalue weighted by Gasteiger charge is 2.25. The van der Waals surface area contributed by atoms with Crippen molar-refractivity contribution in [2.45, 2.75) is 37.8 Å². The van der Waals surface area contributed by atoms with Crippen LogP contribution in [0.2, 0.25) is 0 Å². The summed E-state index contributed by atoms with van der Waals surface area (Å²) >= 11 is 1.84. The molecule has 2 rings (SSSR count). The second kappa shape index (κ2) is 8.71. The van der Waals surface area contributed by atoms with E-state index < -0.39 is 0 Å². The zero-order valence-electron chi connectivity index (χ0n) is 14.7. The lowest BCUT2D eigenvalue weighted by atomic mass is 10.1. The fraction of sp³-hybridized carbons (Fsp3) is 0.611. The van der Waals surface area contributed by atoms with Crippen LogP contribution in [0.25, 0.3) is 0 Å². The van der Waals surface area contributed by atoms with E-state index in [4.69, 9.17) is 0 Å². The summed E-state index contributed by atoms with van der Waals surface area (Å²) in [5.41, 5.74) is 1.16. The van der Waals surface area contributed by atoms with E-state index in [-0.39, 0.29) is 18.0 Å². The summed E-state index contributed by atoms with van der Waals surface area (Å²) in [5, 5.41) is 3.15. The van der Waals surface area contributed by atoms with Gasteiger partial charge in [-0.05, 0) is 44.3 Å². The summed E-state index contributed by atoms with van der Waals surface area (Å²) < 4.78 is 0. The lowest BCUT2D eigenvalue weighted by molar-refractivity contribution is -0.127. The number of carbonyl (C=O) groups excluding carboxylic acids is 1. The van der Waals surface area contributed by atoms with Gasteiger partial charge in [-0.2, -0.15) is 0 Å². The Bertz CT molecular complexity index is 497. The van der Waals surface area contributed by atoms with E-state index in [9.17, 15) is 4.79 Å². The Hall–Kier alpha value is -1.04. The van der Waals surface area contributed by atoms with Gasteiger partial charge in [-0.25, -0.2) is 0 Å². The number of nitrogens with one attached hydrogen (secondary N) is 1. The Balaban J connectivity index is 1.88. The molecule has 0 saturated carbocycles. The minimum atomic E-state index is -0.0685. The Labute approximate surface area is 144 Å². The zero-order chi connectivity index (χ0) is 16.8. The zero-order valence-corrected chi connectivity index (χ0v) is 15.5. The van der Waals surface area contributed by atoms with Gasteiger partial charge in [-0.1, -0.05) is 19.1 Å². The SMILES string of the molecule is CCSc1ccc([C@H](C)NC(=O)[C@H](C)N2CCN(C)CC2)cc1. The molecule has 1 fully saturated rings. The fourth-order valence-electron chi connectivity index (χ4n) is 2.81. The molecule has 23 heavy (non-hydrogen) atoms. The van der Waals surface area contributed by atoms with Crippen LogP contribution in [0.5, 0.6) is 0 Å². The number of nitrogens with zero attached hydrogens (tertiary/aromatic N) is 2. The minimum absolute atomic E-state index is 0.0399. The number of likely N-dealkylation sites (N-methyl/N-ethyl adjacent to an activating group) is 1. The molecule has 1 saturated heterocycles. The molecule has 1 amide bonds. The van der Waals surface area contributed by atoms with E-state index in [1.54, 1.807) is 0 Å². The van der Waals surface area contributed by atoms with Crippen LogP contribution in [0.1, 0.15) is 32.4 Å². The van der Waals surface area contributed by atoms with Crippen molar-refractivity contribution in [2.75, 3.05) is 39.0 Å². The van der Waals surface area contributed by atoms with E-state index in [1.807, 2.05) is 18.7 Å². The van der Waals surface area contributed by atoms with Crippen LogP contribution in [-0.2, 0) is 4.79 Å². The van der Waals surface area contributed by atoms with Crippen LogP contribution >= 0.6 is 11.8 Å². The van der Waals surface area contributed by atoms with Gasteiger partial charge in [0.15, 0.2) is 0 Å². The average Bonchev–Trinajstić information content (AvgIpc) is 2.55. The highest BCUT2D eigenvalue weighted by Crippen LogP contribution is 2.21. The van der Waals surface area contributed by atoms with Gasteiger partial charge in [-0.15, -0.1) is 11.8 Å². The molecule has 1 aromatic rings. The number of hydrogen-bond acceptors (Lipinski definition) is 4. The van der Waals surface area contributed by atoms with Crippen molar-refractivity contribution in [2.24, 2.45) is 0 Å². The second-order valence-electron chi connectivity index (χ2n) is 6.25. The van der Waals surface area contributed by atoms with Crippen LogP contribution in [0.15, 0.2) is 29.2 Å². The van der Waals surface area contributed by atoms with E-state index in [2.05, 4.69) is 60.3 Å².